The molecular formula is C12H12NOS+. The largest absolute Gasteiger partial charge is 0.305 e. The molecule has 1 heterocycles. The Bertz CT molecular complexity index is 461. The first-order valence-corrected chi connectivity index (χ1v) is 5.67. The highest BCUT2D eigenvalue weighted by atomic mass is 32.1. The van der Waals surface area contributed by atoms with Crippen molar-refractivity contribution < 1.29 is 9.36 Å². The summed E-state index contributed by atoms with van der Waals surface area (Å²) in [7, 11) is 0. The molecule has 0 saturated carbocycles. The average Bonchev–Trinajstić information content (AvgIpc) is 2.67. The highest BCUT2D eigenvalue weighted by Gasteiger charge is 2.16. The molecule has 0 N–H and O–H groups in total. The Balaban J connectivity index is 2.25. The molecule has 0 amide bonds. The van der Waals surface area contributed by atoms with E-state index in [4.69, 9.17) is 0 Å². The minimum Gasteiger partial charge on any atom is -0.287 e. The normalized spacial score (nSPS) is 10.2. The molecule has 2 nitrogen and oxygen atoms in total. The van der Waals surface area contributed by atoms with Crippen LogP contribution in [0.3, 0.4) is 0 Å². The maximum atomic E-state index is 11.3. The summed E-state index contributed by atoms with van der Waals surface area (Å²) in [6.45, 7) is 2.37. The average molecular weight is 218 g/mol. The number of hydrogen-bond acceptors (Lipinski definition) is 2. The number of Topliss-reactive ketones (excluding diaryl/α,β-unsaturated/α-hetero) is 1. The lowest BCUT2D eigenvalue weighted by molar-refractivity contribution is -0.685. The van der Waals surface area contributed by atoms with Gasteiger partial charge in [0.1, 0.15) is 0 Å². The van der Waals surface area contributed by atoms with Gasteiger partial charge in [-0.1, -0.05) is 41.7 Å². The molecule has 2 rings (SSSR count). The quantitative estimate of drug-likeness (QED) is 0.572. The van der Waals surface area contributed by atoms with E-state index in [2.05, 4.69) is 12.1 Å². The maximum Gasteiger partial charge on any atom is 0.305 e. The smallest absolute Gasteiger partial charge is 0.287 e. The number of aromatic nitrogens is 1. The summed E-state index contributed by atoms with van der Waals surface area (Å²) in [5.41, 5.74) is 1.21. The van der Waals surface area contributed by atoms with Crippen molar-refractivity contribution in [1.82, 2.24) is 0 Å². The van der Waals surface area contributed by atoms with E-state index in [-0.39, 0.29) is 5.78 Å². The van der Waals surface area contributed by atoms with E-state index in [0.29, 0.717) is 0 Å². The van der Waals surface area contributed by atoms with Crippen LogP contribution < -0.4 is 4.57 Å². The van der Waals surface area contributed by atoms with Crippen LogP contribution in [-0.4, -0.2) is 5.78 Å². The van der Waals surface area contributed by atoms with Crippen LogP contribution in [0.4, 0.5) is 0 Å². The molecular weight excluding hydrogens is 206 g/mol. The molecule has 0 spiro atoms. The van der Waals surface area contributed by atoms with Gasteiger partial charge in [-0.15, -0.1) is 0 Å². The lowest BCUT2D eigenvalue weighted by Crippen LogP contribution is -2.37. The molecule has 0 bridgehead atoms. The number of ketones is 1. The summed E-state index contributed by atoms with van der Waals surface area (Å²) in [6, 6.07) is 10.1. The van der Waals surface area contributed by atoms with Crippen molar-refractivity contribution in [3.63, 3.8) is 0 Å². The Hall–Kier alpha value is -1.48. The summed E-state index contributed by atoms with van der Waals surface area (Å²) in [5, 5.41) is 2.75. The van der Waals surface area contributed by atoms with Crippen molar-refractivity contribution in [1.29, 1.82) is 0 Å². The number of nitrogens with zero attached hydrogens (tertiary/aromatic N) is 1. The fraction of sp³-hybridized carbons (Fsp3) is 0.167. The van der Waals surface area contributed by atoms with Gasteiger partial charge in [-0.05, 0) is 0 Å². The molecule has 1 aromatic carbocycles. The molecule has 0 saturated heterocycles. The molecule has 0 atom stereocenters. The standard InChI is InChI=1S/C12H12NOS/c1-10(14)12-13(7-8-15-12)9-11-5-3-2-4-6-11/h2-8H,9H2,1H3/q+1. The molecule has 0 aliphatic carbocycles. The molecule has 15 heavy (non-hydrogen) atoms. The lowest BCUT2D eigenvalue weighted by atomic mass is 10.2. The molecule has 0 radical (unpaired) electrons. The predicted octanol–water partition coefficient (Wildman–Crippen LogP) is 2.29. The van der Waals surface area contributed by atoms with Gasteiger partial charge in [0.15, 0.2) is 12.7 Å². The first-order valence-electron chi connectivity index (χ1n) is 4.79. The number of rotatable bonds is 3. The third-order valence-corrected chi connectivity index (χ3v) is 3.18. The topological polar surface area (TPSA) is 20.9 Å². The zero-order chi connectivity index (χ0) is 10.7. The number of thiazole rings is 1. The van der Waals surface area contributed by atoms with Crippen LogP contribution in [0, 0.1) is 0 Å². The monoisotopic (exact) mass is 218 g/mol. The van der Waals surface area contributed by atoms with Crippen LogP contribution in [0.5, 0.6) is 0 Å². The Morgan fingerprint density at radius 1 is 1.33 bits per heavy atom. The highest BCUT2D eigenvalue weighted by Crippen LogP contribution is 2.05. The zero-order valence-corrected chi connectivity index (χ0v) is 9.33. The van der Waals surface area contributed by atoms with Crippen molar-refractivity contribution in [3.8, 4) is 0 Å². The SMILES string of the molecule is CC(=O)c1scc[n+]1Cc1ccccc1. The van der Waals surface area contributed by atoms with E-state index < -0.39 is 0 Å². The second kappa shape index (κ2) is 4.36. The van der Waals surface area contributed by atoms with E-state index in [1.807, 2.05) is 34.3 Å². The van der Waals surface area contributed by atoms with Gasteiger partial charge in [0, 0.05) is 12.5 Å². The Morgan fingerprint density at radius 2 is 2.07 bits per heavy atom. The van der Waals surface area contributed by atoms with Gasteiger partial charge in [-0.25, -0.2) is 0 Å². The molecule has 0 unspecified atom stereocenters. The Kier molecular flexibility index (Phi) is 2.92. The summed E-state index contributed by atoms with van der Waals surface area (Å²) in [5.74, 6) is 0.126. The van der Waals surface area contributed by atoms with Crippen LogP contribution in [0.1, 0.15) is 22.3 Å². The fourth-order valence-corrected chi connectivity index (χ4v) is 2.26. The first-order chi connectivity index (χ1) is 7.27. The van der Waals surface area contributed by atoms with Crippen molar-refractivity contribution in [3.05, 3.63) is 52.5 Å². The predicted molar refractivity (Wildman–Crippen MR) is 60.1 cm³/mol. The van der Waals surface area contributed by atoms with Gasteiger partial charge in [-0.3, -0.25) is 4.79 Å². The van der Waals surface area contributed by atoms with Crippen molar-refractivity contribution in [2.75, 3.05) is 0 Å². The number of hydrogen-bond donors (Lipinski definition) is 0. The van der Waals surface area contributed by atoms with E-state index in [1.54, 1.807) is 6.92 Å². The molecule has 0 fully saturated rings. The summed E-state index contributed by atoms with van der Waals surface area (Å²) in [6.07, 6.45) is 1.95. The molecule has 3 heteroatoms. The Labute approximate surface area is 92.8 Å². The van der Waals surface area contributed by atoms with Crippen LogP contribution in [0.15, 0.2) is 41.9 Å². The Morgan fingerprint density at radius 3 is 2.73 bits per heavy atom. The van der Waals surface area contributed by atoms with Crippen molar-refractivity contribution in [2.24, 2.45) is 0 Å². The van der Waals surface area contributed by atoms with Gasteiger partial charge in [0.05, 0.1) is 5.38 Å². The minimum absolute atomic E-state index is 0.126. The maximum absolute atomic E-state index is 11.3. The molecule has 76 valence electrons. The summed E-state index contributed by atoms with van der Waals surface area (Å²) < 4.78 is 1.99. The minimum atomic E-state index is 0.126. The van der Waals surface area contributed by atoms with Gasteiger partial charge in [0.25, 0.3) is 0 Å². The van der Waals surface area contributed by atoms with Crippen molar-refractivity contribution >= 4 is 17.1 Å². The first kappa shape index (κ1) is 10.1. The van der Waals surface area contributed by atoms with Crippen molar-refractivity contribution in [2.45, 2.75) is 13.5 Å². The van der Waals surface area contributed by atoms with Crippen LogP contribution in [0.2, 0.25) is 0 Å². The van der Waals surface area contributed by atoms with E-state index in [1.165, 1.54) is 16.9 Å². The second-order valence-electron chi connectivity index (χ2n) is 3.38. The second-order valence-corrected chi connectivity index (χ2v) is 4.27. The third-order valence-electron chi connectivity index (χ3n) is 2.18. The van der Waals surface area contributed by atoms with Gasteiger partial charge < -0.3 is 0 Å². The number of benzene rings is 1. The van der Waals surface area contributed by atoms with E-state index in [0.717, 1.165) is 11.6 Å². The van der Waals surface area contributed by atoms with E-state index >= 15 is 0 Å². The van der Waals surface area contributed by atoms with Gasteiger partial charge >= 0.3 is 5.01 Å². The fourth-order valence-electron chi connectivity index (χ4n) is 1.49. The molecule has 0 aliphatic heterocycles. The molecule has 0 aliphatic rings. The number of carbonyl (C=O) groups is 1. The highest BCUT2D eigenvalue weighted by molar-refractivity contribution is 7.11. The lowest BCUT2D eigenvalue weighted by Gasteiger charge is -1.96. The van der Waals surface area contributed by atoms with Crippen LogP contribution >= 0.6 is 11.3 Å². The third kappa shape index (κ3) is 2.30. The molecule has 1 aromatic heterocycles. The molecule has 2 aromatic rings. The summed E-state index contributed by atoms with van der Waals surface area (Å²) >= 11 is 1.49. The van der Waals surface area contributed by atoms with Crippen LogP contribution in [0.25, 0.3) is 0 Å². The number of carbonyl (C=O) groups excluding carboxylic acids is 1. The van der Waals surface area contributed by atoms with E-state index in [9.17, 15) is 4.79 Å². The van der Waals surface area contributed by atoms with Gasteiger partial charge in [0.2, 0.25) is 5.78 Å². The van der Waals surface area contributed by atoms with Crippen LogP contribution in [-0.2, 0) is 6.54 Å². The summed E-state index contributed by atoms with van der Waals surface area (Å²) in [4.78, 5) is 11.3. The van der Waals surface area contributed by atoms with Gasteiger partial charge in [-0.2, -0.15) is 4.57 Å². The zero-order valence-electron chi connectivity index (χ0n) is 8.51.